The fourth-order valence-corrected chi connectivity index (χ4v) is 4.52. The topological polar surface area (TPSA) is 91.7 Å². The number of nitrogens with zero attached hydrogens (tertiary/aromatic N) is 5. The largest absolute Gasteiger partial charge is 0.340 e. The molecular weight excluding hydrogens is 500 g/mol. The number of hydrogen-bond acceptors (Lipinski definition) is 5. The van der Waals surface area contributed by atoms with Crippen molar-refractivity contribution in [3.63, 3.8) is 0 Å². The number of H-pyrrole nitrogens is 1. The first-order chi connectivity index (χ1) is 17.8. The van der Waals surface area contributed by atoms with Crippen LogP contribution in [0.5, 0.6) is 0 Å². The maximum atomic E-state index is 13.3. The lowest BCUT2D eigenvalue weighted by Crippen LogP contribution is -2.58. The molecule has 11 heteroatoms. The van der Waals surface area contributed by atoms with Crippen molar-refractivity contribution >= 4 is 39.9 Å². The minimum Gasteiger partial charge on any atom is -0.340 e. The Morgan fingerprint density at radius 3 is 2.51 bits per heavy atom. The van der Waals surface area contributed by atoms with Gasteiger partial charge in [0.15, 0.2) is 11.6 Å². The van der Waals surface area contributed by atoms with Crippen molar-refractivity contribution in [2.75, 3.05) is 18.4 Å². The Kier molecular flexibility index (Phi) is 5.41. The first-order valence-corrected chi connectivity index (χ1v) is 11.8. The molecule has 0 unspecified atom stereocenters. The Balaban J connectivity index is 1.27. The zero-order chi connectivity index (χ0) is 25.7. The number of carbonyl (C=O) groups excluding carboxylic acids is 1. The van der Waals surface area contributed by atoms with Crippen molar-refractivity contribution in [2.24, 2.45) is 7.05 Å². The summed E-state index contributed by atoms with van der Waals surface area (Å²) in [6.45, 7) is -1.11. The summed E-state index contributed by atoms with van der Waals surface area (Å²) in [7, 11) is 1.74. The molecular formula is C26H20ClF2N7O. The Morgan fingerprint density at radius 2 is 1.81 bits per heavy atom. The predicted molar refractivity (Wildman–Crippen MR) is 137 cm³/mol. The number of likely N-dealkylation sites (tertiary alicyclic amines) is 1. The van der Waals surface area contributed by atoms with Crippen LogP contribution < -0.4 is 5.32 Å². The molecule has 1 aliphatic rings. The zero-order valence-electron chi connectivity index (χ0n) is 19.5. The van der Waals surface area contributed by atoms with Crippen LogP contribution in [0.25, 0.3) is 33.4 Å². The first kappa shape index (κ1) is 23.1. The molecule has 37 heavy (non-hydrogen) atoms. The lowest BCUT2D eigenvalue weighted by atomic mass is 10.1. The van der Waals surface area contributed by atoms with Gasteiger partial charge in [0.1, 0.15) is 10.7 Å². The van der Waals surface area contributed by atoms with Crippen LogP contribution in [0.3, 0.4) is 0 Å². The van der Waals surface area contributed by atoms with Crippen molar-refractivity contribution in [1.82, 2.24) is 29.6 Å². The molecule has 5 aromatic rings. The van der Waals surface area contributed by atoms with Gasteiger partial charge in [0.25, 0.3) is 11.8 Å². The molecule has 8 nitrogen and oxygen atoms in total. The van der Waals surface area contributed by atoms with Crippen LogP contribution in [0.4, 0.5) is 20.3 Å². The van der Waals surface area contributed by atoms with Crippen LogP contribution in [0.1, 0.15) is 10.5 Å². The van der Waals surface area contributed by atoms with Crippen LogP contribution in [0.15, 0.2) is 67.1 Å². The minimum absolute atomic E-state index is 0.348. The van der Waals surface area contributed by atoms with E-state index in [0.717, 1.165) is 38.2 Å². The molecule has 0 saturated carbocycles. The maximum absolute atomic E-state index is 13.3. The van der Waals surface area contributed by atoms with Gasteiger partial charge >= 0.3 is 0 Å². The summed E-state index contributed by atoms with van der Waals surface area (Å²) in [6.07, 6.45) is 5.10. The SMILES string of the molecule is Cn1c(C(=O)N2CC(F)(F)C2)cc2ccc(-c3ncc(Cl)c(Nc4ccc(-c5cn[nH]c5)cc4)n3)cc21. The number of aromatic amines is 1. The number of benzene rings is 2. The summed E-state index contributed by atoms with van der Waals surface area (Å²) >= 11 is 6.37. The van der Waals surface area contributed by atoms with E-state index in [0.29, 0.717) is 22.4 Å². The van der Waals surface area contributed by atoms with Gasteiger partial charge in [-0.3, -0.25) is 9.89 Å². The summed E-state index contributed by atoms with van der Waals surface area (Å²) in [5.41, 5.74) is 4.63. The molecule has 0 aliphatic carbocycles. The fraction of sp³-hybridized carbons (Fsp3) is 0.154. The summed E-state index contributed by atoms with van der Waals surface area (Å²) in [5, 5.41) is 11.2. The standard InChI is InChI=1S/C26H20ClF2N7O/c1-35-21-9-17(3-2-16(21)8-22(35)25(37)36-13-26(28,29)14-36)23-30-12-20(27)24(34-23)33-19-6-4-15(5-7-19)18-10-31-32-11-18/h2-12H,13-14H2,1H3,(H,31,32)(H,30,33,34). The van der Waals surface area contributed by atoms with E-state index < -0.39 is 24.9 Å². The molecule has 0 spiro atoms. The molecule has 0 atom stereocenters. The maximum Gasteiger partial charge on any atom is 0.282 e. The third-order valence-corrected chi connectivity index (χ3v) is 6.65. The third-order valence-electron chi connectivity index (χ3n) is 6.38. The zero-order valence-corrected chi connectivity index (χ0v) is 20.3. The number of hydrogen-bond donors (Lipinski definition) is 2. The number of aryl methyl sites for hydroxylation is 1. The van der Waals surface area contributed by atoms with E-state index in [-0.39, 0.29) is 0 Å². The molecule has 2 aromatic carbocycles. The highest BCUT2D eigenvalue weighted by molar-refractivity contribution is 6.32. The van der Waals surface area contributed by atoms with Crippen molar-refractivity contribution < 1.29 is 13.6 Å². The fourth-order valence-electron chi connectivity index (χ4n) is 4.38. The van der Waals surface area contributed by atoms with Crippen LogP contribution in [0.2, 0.25) is 5.02 Å². The van der Waals surface area contributed by atoms with Crippen molar-refractivity contribution in [2.45, 2.75) is 5.92 Å². The molecule has 1 amide bonds. The third kappa shape index (κ3) is 4.29. The molecule has 2 N–H and O–H groups in total. The van der Waals surface area contributed by atoms with Crippen LogP contribution in [-0.4, -0.2) is 54.6 Å². The molecule has 1 saturated heterocycles. The van der Waals surface area contributed by atoms with E-state index >= 15 is 0 Å². The summed E-state index contributed by atoms with van der Waals surface area (Å²) in [4.78, 5) is 22.9. The van der Waals surface area contributed by atoms with Gasteiger partial charge in [0.05, 0.1) is 25.5 Å². The van der Waals surface area contributed by atoms with Gasteiger partial charge in [-0.1, -0.05) is 35.9 Å². The molecule has 186 valence electrons. The number of fused-ring (bicyclic) bond motifs is 1. The Labute approximate surface area is 214 Å². The highest BCUT2D eigenvalue weighted by Crippen LogP contribution is 2.32. The van der Waals surface area contributed by atoms with E-state index in [1.54, 1.807) is 23.9 Å². The average Bonchev–Trinajstić information content (AvgIpc) is 3.52. The van der Waals surface area contributed by atoms with Gasteiger partial charge in [0, 0.05) is 41.0 Å². The highest BCUT2D eigenvalue weighted by Gasteiger charge is 2.46. The molecule has 0 radical (unpaired) electrons. The molecule has 0 bridgehead atoms. The molecule has 6 rings (SSSR count). The number of alkyl halides is 2. The summed E-state index contributed by atoms with van der Waals surface area (Å²) < 4.78 is 28.2. The predicted octanol–water partition coefficient (Wildman–Crippen LogP) is 5.51. The second kappa shape index (κ2) is 8.67. The van der Waals surface area contributed by atoms with E-state index in [2.05, 4.69) is 25.5 Å². The molecule has 1 aliphatic heterocycles. The van der Waals surface area contributed by atoms with Crippen LogP contribution >= 0.6 is 11.6 Å². The Morgan fingerprint density at radius 1 is 1.05 bits per heavy atom. The van der Waals surface area contributed by atoms with Gasteiger partial charge in [-0.25, -0.2) is 18.7 Å². The van der Waals surface area contributed by atoms with Crippen LogP contribution in [0, 0.1) is 0 Å². The average molecular weight is 520 g/mol. The first-order valence-electron chi connectivity index (χ1n) is 11.4. The number of nitrogens with one attached hydrogen (secondary N) is 2. The Hall–Kier alpha value is -4.31. The normalized spacial score (nSPS) is 14.5. The number of aromatic nitrogens is 5. The monoisotopic (exact) mass is 519 g/mol. The lowest BCUT2D eigenvalue weighted by Gasteiger charge is -2.38. The second-order valence-corrected chi connectivity index (χ2v) is 9.37. The Bertz CT molecular complexity index is 1620. The van der Waals surface area contributed by atoms with E-state index in [1.165, 1.54) is 6.20 Å². The van der Waals surface area contributed by atoms with Gasteiger partial charge in [0.2, 0.25) is 0 Å². The van der Waals surface area contributed by atoms with E-state index in [4.69, 9.17) is 11.6 Å². The second-order valence-electron chi connectivity index (χ2n) is 8.96. The smallest absolute Gasteiger partial charge is 0.282 e. The molecule has 3 aromatic heterocycles. The molecule has 4 heterocycles. The van der Waals surface area contributed by atoms with E-state index in [9.17, 15) is 13.6 Å². The van der Waals surface area contributed by atoms with Crippen LogP contribution in [-0.2, 0) is 7.05 Å². The number of rotatable bonds is 5. The van der Waals surface area contributed by atoms with Crippen molar-refractivity contribution in [1.29, 1.82) is 0 Å². The number of amides is 1. The van der Waals surface area contributed by atoms with Gasteiger partial charge in [-0.15, -0.1) is 0 Å². The van der Waals surface area contributed by atoms with Crippen molar-refractivity contribution in [3.05, 3.63) is 77.8 Å². The lowest BCUT2D eigenvalue weighted by molar-refractivity contribution is -0.113. The van der Waals surface area contributed by atoms with E-state index in [1.807, 2.05) is 48.7 Å². The van der Waals surface area contributed by atoms with Gasteiger partial charge < -0.3 is 14.8 Å². The quantitative estimate of drug-likeness (QED) is 0.319. The number of halogens is 3. The number of anilines is 2. The highest BCUT2D eigenvalue weighted by atomic mass is 35.5. The van der Waals surface area contributed by atoms with Gasteiger partial charge in [-0.05, 0) is 29.8 Å². The molecule has 1 fully saturated rings. The summed E-state index contributed by atoms with van der Waals surface area (Å²) in [6, 6.07) is 15.0. The number of carbonyl (C=O) groups is 1. The summed E-state index contributed by atoms with van der Waals surface area (Å²) in [5.74, 6) is -2.34. The van der Waals surface area contributed by atoms with Crippen molar-refractivity contribution in [3.8, 4) is 22.5 Å². The minimum atomic E-state index is -2.81. The van der Waals surface area contributed by atoms with Gasteiger partial charge in [-0.2, -0.15) is 5.10 Å².